The number of carbonyl (C=O) groups is 1. The van der Waals surface area contributed by atoms with Crippen molar-refractivity contribution in [2.75, 3.05) is 60.2 Å². The standard InChI is InChI=1S/C22H30N2O5/c1-26-18-9-15-3-8-29-22(17(15)10-19(18)27-2)4-6-24(7-5-22)20(25)21-13-23-11-16(21)12-28-14-21/h9-10,16,23H,3-8,11-14H2,1-2H3/t16-,21-/m0/s1. The molecule has 0 saturated carbocycles. The van der Waals surface area contributed by atoms with E-state index in [4.69, 9.17) is 18.9 Å². The molecule has 4 aliphatic heterocycles. The lowest BCUT2D eigenvalue weighted by molar-refractivity contribution is -0.151. The van der Waals surface area contributed by atoms with E-state index in [1.165, 1.54) is 11.1 Å². The van der Waals surface area contributed by atoms with E-state index in [9.17, 15) is 4.79 Å². The highest BCUT2D eigenvalue weighted by Gasteiger charge is 2.55. The second-order valence-corrected chi connectivity index (χ2v) is 8.75. The summed E-state index contributed by atoms with van der Waals surface area (Å²) >= 11 is 0. The van der Waals surface area contributed by atoms with Crippen LogP contribution >= 0.6 is 0 Å². The minimum atomic E-state index is -0.369. The van der Waals surface area contributed by atoms with Gasteiger partial charge in [0.05, 0.1) is 45.1 Å². The Morgan fingerprint density at radius 3 is 2.72 bits per heavy atom. The zero-order valence-corrected chi connectivity index (χ0v) is 17.3. The first-order valence-corrected chi connectivity index (χ1v) is 10.6. The largest absolute Gasteiger partial charge is 0.493 e. The van der Waals surface area contributed by atoms with Crippen LogP contribution in [0.25, 0.3) is 0 Å². The van der Waals surface area contributed by atoms with Gasteiger partial charge in [-0.25, -0.2) is 0 Å². The number of methoxy groups -OCH3 is 2. The van der Waals surface area contributed by atoms with E-state index in [1.807, 2.05) is 4.90 Å². The van der Waals surface area contributed by atoms with Gasteiger partial charge < -0.3 is 29.2 Å². The highest BCUT2D eigenvalue weighted by atomic mass is 16.5. The zero-order chi connectivity index (χ0) is 20.1. The average Bonchev–Trinajstić information content (AvgIpc) is 3.34. The number of rotatable bonds is 3. The predicted octanol–water partition coefficient (Wildman–Crippen LogP) is 1.33. The fourth-order valence-corrected chi connectivity index (χ4v) is 5.68. The molecule has 7 nitrogen and oxygen atoms in total. The van der Waals surface area contributed by atoms with Gasteiger partial charge in [0.2, 0.25) is 5.91 Å². The number of amides is 1. The number of nitrogens with one attached hydrogen (secondary N) is 1. The molecule has 1 N–H and O–H groups in total. The number of ether oxygens (including phenoxy) is 4. The maximum Gasteiger partial charge on any atom is 0.232 e. The number of hydrogen-bond acceptors (Lipinski definition) is 6. The monoisotopic (exact) mass is 402 g/mol. The van der Waals surface area contributed by atoms with Crippen molar-refractivity contribution < 1.29 is 23.7 Å². The summed E-state index contributed by atoms with van der Waals surface area (Å²) in [6, 6.07) is 4.16. The van der Waals surface area contributed by atoms with Gasteiger partial charge in [0.1, 0.15) is 0 Å². The van der Waals surface area contributed by atoms with E-state index in [-0.39, 0.29) is 16.9 Å². The molecule has 3 fully saturated rings. The van der Waals surface area contributed by atoms with Crippen LogP contribution in [-0.4, -0.2) is 71.0 Å². The van der Waals surface area contributed by atoms with Gasteiger partial charge in [-0.05, 0) is 42.5 Å². The average molecular weight is 402 g/mol. The van der Waals surface area contributed by atoms with Crippen LogP contribution in [0.3, 0.4) is 0 Å². The summed E-state index contributed by atoms with van der Waals surface area (Å²) in [5.74, 6) is 2.05. The molecule has 0 bridgehead atoms. The Kier molecular flexibility index (Phi) is 4.72. The predicted molar refractivity (Wildman–Crippen MR) is 106 cm³/mol. The third-order valence-electron chi connectivity index (χ3n) is 7.43. The summed E-state index contributed by atoms with van der Waals surface area (Å²) in [4.78, 5) is 15.5. The van der Waals surface area contributed by atoms with E-state index in [0.717, 1.165) is 43.9 Å². The molecule has 1 amide bonds. The van der Waals surface area contributed by atoms with E-state index in [1.54, 1.807) is 14.2 Å². The Hall–Kier alpha value is -1.83. The van der Waals surface area contributed by atoms with Crippen LogP contribution in [0, 0.1) is 11.3 Å². The fourth-order valence-electron chi connectivity index (χ4n) is 5.68. The maximum atomic E-state index is 13.4. The minimum Gasteiger partial charge on any atom is -0.493 e. The SMILES string of the molecule is COc1cc2c(cc1OC)C1(CCN(C(=O)[C@]34CNC[C@H]3COC4)CC1)OCC2. The van der Waals surface area contributed by atoms with Crippen LogP contribution in [0.1, 0.15) is 24.0 Å². The summed E-state index contributed by atoms with van der Waals surface area (Å²) in [5.41, 5.74) is 1.74. The van der Waals surface area contributed by atoms with Gasteiger partial charge in [0.25, 0.3) is 0 Å². The summed E-state index contributed by atoms with van der Waals surface area (Å²) in [7, 11) is 3.33. The fraction of sp³-hybridized carbons (Fsp3) is 0.682. The van der Waals surface area contributed by atoms with Crippen molar-refractivity contribution >= 4 is 5.91 Å². The van der Waals surface area contributed by atoms with Crippen molar-refractivity contribution in [1.29, 1.82) is 0 Å². The van der Waals surface area contributed by atoms with E-state index < -0.39 is 0 Å². The molecule has 4 aliphatic rings. The number of carbonyl (C=O) groups excluding carboxylic acids is 1. The lowest BCUT2D eigenvalue weighted by Gasteiger charge is -2.46. The first kappa shape index (κ1) is 19.2. The quantitative estimate of drug-likeness (QED) is 0.823. The van der Waals surface area contributed by atoms with Gasteiger partial charge >= 0.3 is 0 Å². The van der Waals surface area contributed by atoms with Crippen LogP contribution < -0.4 is 14.8 Å². The lowest BCUT2D eigenvalue weighted by Crippen LogP contribution is -2.54. The molecule has 0 aromatic heterocycles. The van der Waals surface area contributed by atoms with Crippen LogP contribution in [0.2, 0.25) is 0 Å². The number of piperidine rings is 1. The van der Waals surface area contributed by atoms with Gasteiger partial charge in [-0.1, -0.05) is 0 Å². The molecule has 2 atom stereocenters. The minimum absolute atomic E-state index is 0.253. The number of nitrogens with zero attached hydrogens (tertiary/aromatic N) is 1. The number of hydrogen-bond donors (Lipinski definition) is 1. The molecule has 3 saturated heterocycles. The molecule has 0 aliphatic carbocycles. The van der Waals surface area contributed by atoms with Crippen LogP contribution in [0.5, 0.6) is 11.5 Å². The summed E-state index contributed by atoms with van der Waals surface area (Å²) in [5, 5.41) is 3.40. The first-order chi connectivity index (χ1) is 14.1. The highest BCUT2D eigenvalue weighted by Crippen LogP contribution is 2.46. The first-order valence-electron chi connectivity index (χ1n) is 10.6. The van der Waals surface area contributed by atoms with Crippen molar-refractivity contribution in [2.45, 2.75) is 24.9 Å². The highest BCUT2D eigenvalue weighted by molar-refractivity contribution is 5.84. The molecule has 7 heteroatoms. The Balaban J connectivity index is 1.38. The third kappa shape index (κ3) is 2.86. The molecule has 5 rings (SSSR count). The summed E-state index contributed by atoms with van der Waals surface area (Å²) in [6.45, 7) is 4.95. The van der Waals surface area contributed by atoms with Crippen molar-refractivity contribution in [2.24, 2.45) is 11.3 Å². The summed E-state index contributed by atoms with van der Waals surface area (Å²) < 4.78 is 23.1. The number of likely N-dealkylation sites (tertiary alicyclic amines) is 1. The molecular weight excluding hydrogens is 372 g/mol. The zero-order valence-electron chi connectivity index (χ0n) is 17.3. The van der Waals surface area contributed by atoms with Gasteiger partial charge in [0.15, 0.2) is 11.5 Å². The maximum absolute atomic E-state index is 13.4. The van der Waals surface area contributed by atoms with Crippen molar-refractivity contribution in [3.8, 4) is 11.5 Å². The van der Waals surface area contributed by atoms with Crippen molar-refractivity contribution in [1.82, 2.24) is 10.2 Å². The molecule has 4 heterocycles. The van der Waals surface area contributed by atoms with Crippen LogP contribution in [0.15, 0.2) is 12.1 Å². The Morgan fingerprint density at radius 1 is 1.21 bits per heavy atom. The van der Waals surface area contributed by atoms with Gasteiger partial charge in [-0.2, -0.15) is 0 Å². The second kappa shape index (κ2) is 7.15. The molecule has 29 heavy (non-hydrogen) atoms. The second-order valence-electron chi connectivity index (χ2n) is 8.75. The number of fused-ring (bicyclic) bond motifs is 3. The van der Waals surface area contributed by atoms with Gasteiger partial charge in [-0.3, -0.25) is 4.79 Å². The van der Waals surface area contributed by atoms with Crippen molar-refractivity contribution in [3.63, 3.8) is 0 Å². The molecular formula is C22H30N2O5. The topological polar surface area (TPSA) is 69.3 Å². The van der Waals surface area contributed by atoms with Crippen LogP contribution in [0.4, 0.5) is 0 Å². The van der Waals surface area contributed by atoms with Gasteiger partial charge in [0, 0.05) is 32.1 Å². The smallest absolute Gasteiger partial charge is 0.232 e. The molecule has 0 unspecified atom stereocenters. The lowest BCUT2D eigenvalue weighted by atomic mass is 9.76. The molecule has 1 aromatic carbocycles. The van der Waals surface area contributed by atoms with Crippen molar-refractivity contribution in [3.05, 3.63) is 23.3 Å². The summed E-state index contributed by atoms with van der Waals surface area (Å²) in [6.07, 6.45) is 2.47. The molecule has 1 spiro atoms. The third-order valence-corrected chi connectivity index (χ3v) is 7.43. The van der Waals surface area contributed by atoms with E-state index in [0.29, 0.717) is 38.8 Å². The van der Waals surface area contributed by atoms with E-state index in [2.05, 4.69) is 17.4 Å². The van der Waals surface area contributed by atoms with E-state index >= 15 is 0 Å². The van der Waals surface area contributed by atoms with Crippen LogP contribution in [-0.2, 0) is 26.3 Å². The normalized spacial score (nSPS) is 30.1. The molecule has 1 aromatic rings. The Morgan fingerprint density at radius 2 is 1.97 bits per heavy atom. The Bertz CT molecular complexity index is 793. The Labute approximate surface area is 171 Å². The molecule has 158 valence electrons. The molecule has 0 radical (unpaired) electrons. The van der Waals surface area contributed by atoms with Gasteiger partial charge in [-0.15, -0.1) is 0 Å². The number of benzene rings is 1.